The van der Waals surface area contributed by atoms with Crippen molar-refractivity contribution in [1.29, 1.82) is 0 Å². The summed E-state index contributed by atoms with van der Waals surface area (Å²) in [6, 6.07) is 8.54. The van der Waals surface area contributed by atoms with E-state index in [1.165, 1.54) is 11.1 Å². The van der Waals surface area contributed by atoms with Crippen molar-refractivity contribution in [1.82, 2.24) is 5.32 Å². The Morgan fingerprint density at radius 3 is 3.07 bits per heavy atom. The second-order valence-corrected chi connectivity index (χ2v) is 4.28. The maximum atomic E-state index is 11.4. The number of fused-ring (bicyclic) bond motifs is 1. The number of benzene rings is 1. The van der Waals surface area contributed by atoms with Gasteiger partial charge >= 0.3 is 0 Å². The summed E-state index contributed by atoms with van der Waals surface area (Å²) in [4.78, 5) is 11.4. The molecule has 3 heteroatoms. The van der Waals surface area contributed by atoms with Gasteiger partial charge in [0.2, 0.25) is 5.91 Å². The number of amides is 1. The van der Waals surface area contributed by atoms with Crippen LogP contribution < -0.4 is 5.32 Å². The molecule has 0 aromatic heterocycles. The molecule has 2 rings (SSSR count). The van der Waals surface area contributed by atoms with Crippen LogP contribution in [0.3, 0.4) is 0 Å². The first-order valence-corrected chi connectivity index (χ1v) is 5.92. The molecule has 1 N–H and O–H groups in total. The molecule has 1 unspecified atom stereocenters. The molecule has 0 heterocycles. The zero-order valence-corrected chi connectivity index (χ0v) is 9.47. The molecule has 1 aromatic carbocycles. The highest BCUT2D eigenvalue weighted by molar-refractivity contribution is 7.80. The lowest BCUT2D eigenvalue weighted by Gasteiger charge is -2.13. The van der Waals surface area contributed by atoms with Crippen LogP contribution >= 0.6 is 12.6 Å². The lowest BCUT2D eigenvalue weighted by molar-refractivity contribution is -0.121. The zero-order valence-electron chi connectivity index (χ0n) is 8.57. The molecule has 2 nitrogen and oxygen atoms in total. The number of nitrogens with one attached hydrogen (secondary N) is 1. The van der Waals surface area contributed by atoms with E-state index in [0.29, 0.717) is 12.2 Å². The van der Waals surface area contributed by atoms with Crippen LogP contribution in [0.5, 0.6) is 0 Å². The van der Waals surface area contributed by atoms with Crippen LogP contribution in [-0.4, -0.2) is 11.7 Å². The standard InChI is InChI=1S/C12H15NOS/c14-12(7-8-15)13-11-6-5-9-3-1-2-4-10(9)11/h1-4,11,15H,5-8H2,(H,13,14). The molecule has 1 aliphatic rings. The van der Waals surface area contributed by atoms with Crippen molar-refractivity contribution < 1.29 is 4.79 Å². The van der Waals surface area contributed by atoms with Crippen LogP contribution in [0.2, 0.25) is 0 Å². The third kappa shape index (κ3) is 2.34. The number of hydrogen-bond donors (Lipinski definition) is 2. The highest BCUT2D eigenvalue weighted by atomic mass is 32.1. The van der Waals surface area contributed by atoms with Crippen LogP contribution in [-0.2, 0) is 11.2 Å². The minimum atomic E-state index is 0.103. The van der Waals surface area contributed by atoms with Crippen molar-refractivity contribution in [3.8, 4) is 0 Å². The first kappa shape index (κ1) is 10.6. The fourth-order valence-electron chi connectivity index (χ4n) is 2.08. The van der Waals surface area contributed by atoms with E-state index in [9.17, 15) is 4.79 Å². The van der Waals surface area contributed by atoms with Crippen molar-refractivity contribution in [3.63, 3.8) is 0 Å². The van der Waals surface area contributed by atoms with Crippen LogP contribution in [0.25, 0.3) is 0 Å². The third-order valence-electron chi connectivity index (χ3n) is 2.81. The number of aryl methyl sites for hydroxylation is 1. The fraction of sp³-hybridized carbons (Fsp3) is 0.417. The Morgan fingerprint density at radius 1 is 1.47 bits per heavy atom. The average Bonchev–Trinajstić information content (AvgIpc) is 2.62. The maximum absolute atomic E-state index is 11.4. The summed E-state index contributed by atoms with van der Waals surface area (Å²) in [7, 11) is 0. The molecule has 0 radical (unpaired) electrons. The molecular formula is C12H15NOS. The topological polar surface area (TPSA) is 29.1 Å². The summed E-state index contributed by atoms with van der Waals surface area (Å²) in [5, 5.41) is 3.05. The summed E-state index contributed by atoms with van der Waals surface area (Å²) in [6.45, 7) is 0. The van der Waals surface area contributed by atoms with Gasteiger partial charge in [0.25, 0.3) is 0 Å². The van der Waals surface area contributed by atoms with E-state index in [2.05, 4.69) is 36.1 Å². The number of carbonyl (C=O) groups excluding carboxylic acids is 1. The molecule has 0 saturated carbocycles. The van der Waals surface area contributed by atoms with Gasteiger partial charge in [-0.25, -0.2) is 0 Å². The average molecular weight is 221 g/mol. The second kappa shape index (κ2) is 4.71. The quantitative estimate of drug-likeness (QED) is 0.752. The van der Waals surface area contributed by atoms with Gasteiger partial charge in [-0.1, -0.05) is 24.3 Å². The summed E-state index contributed by atoms with van der Waals surface area (Å²) in [5.74, 6) is 0.715. The first-order valence-electron chi connectivity index (χ1n) is 5.29. The lowest BCUT2D eigenvalue weighted by Crippen LogP contribution is -2.27. The molecule has 1 aromatic rings. The van der Waals surface area contributed by atoms with Crippen LogP contribution in [0, 0.1) is 0 Å². The molecule has 0 saturated heterocycles. The summed E-state index contributed by atoms with van der Waals surface area (Å²) < 4.78 is 0. The Hall–Kier alpha value is -0.960. The molecule has 1 aliphatic carbocycles. The highest BCUT2D eigenvalue weighted by Gasteiger charge is 2.22. The van der Waals surface area contributed by atoms with Gasteiger partial charge in [0.15, 0.2) is 0 Å². The molecule has 0 fully saturated rings. The summed E-state index contributed by atoms with van der Waals surface area (Å²) >= 11 is 4.05. The molecule has 80 valence electrons. The van der Waals surface area contributed by atoms with Crippen LogP contribution in [0.1, 0.15) is 30.0 Å². The maximum Gasteiger partial charge on any atom is 0.221 e. The van der Waals surface area contributed by atoms with Gasteiger partial charge in [-0.15, -0.1) is 0 Å². The molecule has 0 bridgehead atoms. The Labute approximate surface area is 95.5 Å². The Kier molecular flexibility index (Phi) is 3.31. The van der Waals surface area contributed by atoms with Crippen molar-refractivity contribution in [2.24, 2.45) is 0 Å². The highest BCUT2D eigenvalue weighted by Crippen LogP contribution is 2.30. The van der Waals surface area contributed by atoms with Gasteiger partial charge in [0.05, 0.1) is 6.04 Å². The number of hydrogen-bond acceptors (Lipinski definition) is 2. The first-order chi connectivity index (χ1) is 7.31. The second-order valence-electron chi connectivity index (χ2n) is 3.83. The Morgan fingerprint density at radius 2 is 2.27 bits per heavy atom. The smallest absolute Gasteiger partial charge is 0.221 e. The molecule has 1 atom stereocenters. The molecule has 1 amide bonds. The molecule has 15 heavy (non-hydrogen) atoms. The summed E-state index contributed by atoms with van der Waals surface area (Å²) in [6.07, 6.45) is 2.60. The van der Waals surface area contributed by atoms with E-state index in [4.69, 9.17) is 0 Å². The van der Waals surface area contributed by atoms with Crippen molar-refractivity contribution in [3.05, 3.63) is 35.4 Å². The monoisotopic (exact) mass is 221 g/mol. The van der Waals surface area contributed by atoms with Gasteiger partial charge in [-0.2, -0.15) is 12.6 Å². The van der Waals surface area contributed by atoms with Crippen LogP contribution in [0.15, 0.2) is 24.3 Å². The van der Waals surface area contributed by atoms with Gasteiger partial charge in [0.1, 0.15) is 0 Å². The third-order valence-corrected chi connectivity index (χ3v) is 3.03. The van der Waals surface area contributed by atoms with Crippen LogP contribution in [0.4, 0.5) is 0 Å². The lowest BCUT2D eigenvalue weighted by atomic mass is 10.1. The van der Waals surface area contributed by atoms with Crippen molar-refractivity contribution in [2.75, 3.05) is 5.75 Å². The van der Waals surface area contributed by atoms with Gasteiger partial charge in [0, 0.05) is 6.42 Å². The fourth-order valence-corrected chi connectivity index (χ4v) is 2.28. The van der Waals surface area contributed by atoms with Crippen molar-refractivity contribution in [2.45, 2.75) is 25.3 Å². The van der Waals surface area contributed by atoms with E-state index >= 15 is 0 Å². The van der Waals surface area contributed by atoms with E-state index in [0.717, 1.165) is 12.8 Å². The van der Waals surface area contributed by atoms with E-state index in [-0.39, 0.29) is 11.9 Å². The van der Waals surface area contributed by atoms with Crippen molar-refractivity contribution >= 4 is 18.5 Å². The number of rotatable bonds is 3. The predicted molar refractivity (Wildman–Crippen MR) is 64.1 cm³/mol. The molecule has 0 aliphatic heterocycles. The summed E-state index contributed by atoms with van der Waals surface area (Å²) in [5.41, 5.74) is 2.65. The normalized spacial score (nSPS) is 18.6. The van der Waals surface area contributed by atoms with E-state index in [1.54, 1.807) is 0 Å². The minimum absolute atomic E-state index is 0.103. The zero-order chi connectivity index (χ0) is 10.7. The largest absolute Gasteiger partial charge is 0.349 e. The Bertz CT molecular complexity index is 364. The Balaban J connectivity index is 2.04. The predicted octanol–water partition coefficient (Wildman–Crippen LogP) is 2.11. The molecular weight excluding hydrogens is 206 g/mol. The van der Waals surface area contributed by atoms with E-state index in [1.807, 2.05) is 6.07 Å². The van der Waals surface area contributed by atoms with E-state index < -0.39 is 0 Å². The van der Waals surface area contributed by atoms with Gasteiger partial charge in [-0.3, -0.25) is 4.79 Å². The minimum Gasteiger partial charge on any atom is -0.349 e. The number of thiol groups is 1. The van der Waals surface area contributed by atoms with Gasteiger partial charge in [-0.05, 0) is 29.7 Å². The van der Waals surface area contributed by atoms with Gasteiger partial charge < -0.3 is 5.32 Å². The SMILES string of the molecule is O=C(CCS)NC1CCc2ccccc21. The molecule has 0 spiro atoms. The number of carbonyl (C=O) groups is 1.